The number of halogens is 1. The van der Waals surface area contributed by atoms with Crippen LogP contribution >= 0.6 is 11.3 Å². The van der Waals surface area contributed by atoms with Gasteiger partial charge in [0.2, 0.25) is 0 Å². The molecule has 4 aromatic rings. The van der Waals surface area contributed by atoms with Crippen LogP contribution in [0.2, 0.25) is 0 Å². The second-order valence-electron chi connectivity index (χ2n) is 7.31. The van der Waals surface area contributed by atoms with Crippen LogP contribution in [0.15, 0.2) is 78.4 Å². The summed E-state index contributed by atoms with van der Waals surface area (Å²) in [5.41, 5.74) is 7.81. The van der Waals surface area contributed by atoms with Crippen molar-refractivity contribution in [3.05, 3.63) is 95.3 Å². The minimum Gasteiger partial charge on any atom is -0.507 e. The molecule has 1 fully saturated rings. The number of nitrogen functional groups attached to an aromatic ring is 1. The summed E-state index contributed by atoms with van der Waals surface area (Å²) in [6, 6.07) is 18.5. The minimum absolute atomic E-state index is 0.0581. The monoisotopic (exact) mass is 445 g/mol. The van der Waals surface area contributed by atoms with Gasteiger partial charge in [0.05, 0.1) is 21.8 Å². The first-order valence-electron chi connectivity index (χ1n) is 9.72. The number of benzene rings is 3. The standard InChI is InChI=1S/C24H16FN3O3S/c25-15-9-10-17-18(12-15)32-24(27-17)28-20(14-7-4-8-16(26)11-14)19(22(30)23(28)31)21(29)13-5-2-1-3-6-13/h1-12,20,29H,26H2/b21-19+. The molecule has 0 radical (unpaired) electrons. The van der Waals surface area contributed by atoms with Crippen molar-refractivity contribution in [2.24, 2.45) is 0 Å². The third-order valence-corrected chi connectivity index (χ3v) is 6.28. The Morgan fingerprint density at radius 3 is 2.56 bits per heavy atom. The number of aliphatic hydroxyl groups excluding tert-OH is 1. The van der Waals surface area contributed by atoms with E-state index in [9.17, 15) is 19.1 Å². The van der Waals surface area contributed by atoms with Crippen molar-refractivity contribution < 1.29 is 19.1 Å². The third-order valence-electron chi connectivity index (χ3n) is 5.26. The SMILES string of the molecule is Nc1cccc(C2/C(=C(\O)c3ccccc3)C(=O)C(=O)N2c2nc3ccc(F)cc3s2)c1. The van der Waals surface area contributed by atoms with Gasteiger partial charge in [-0.05, 0) is 35.9 Å². The van der Waals surface area contributed by atoms with Gasteiger partial charge in [-0.2, -0.15) is 0 Å². The van der Waals surface area contributed by atoms with Crippen molar-refractivity contribution >= 4 is 49.8 Å². The van der Waals surface area contributed by atoms with Crippen molar-refractivity contribution in [2.45, 2.75) is 6.04 Å². The van der Waals surface area contributed by atoms with Crippen molar-refractivity contribution in [3.8, 4) is 0 Å². The van der Waals surface area contributed by atoms with Gasteiger partial charge in [0, 0.05) is 11.3 Å². The minimum atomic E-state index is -0.941. The Morgan fingerprint density at radius 1 is 1.03 bits per heavy atom. The molecule has 32 heavy (non-hydrogen) atoms. The number of amides is 1. The molecule has 0 saturated carbocycles. The lowest BCUT2D eigenvalue weighted by Crippen LogP contribution is -2.29. The predicted octanol–water partition coefficient (Wildman–Crippen LogP) is 4.64. The molecule has 1 aliphatic rings. The van der Waals surface area contributed by atoms with Gasteiger partial charge < -0.3 is 10.8 Å². The molecule has 1 aromatic heterocycles. The van der Waals surface area contributed by atoms with Crippen LogP contribution in [-0.4, -0.2) is 21.8 Å². The summed E-state index contributed by atoms with van der Waals surface area (Å²) in [6.45, 7) is 0. The van der Waals surface area contributed by atoms with E-state index in [-0.39, 0.29) is 16.5 Å². The maximum Gasteiger partial charge on any atom is 0.301 e. The van der Waals surface area contributed by atoms with Crippen LogP contribution in [-0.2, 0) is 9.59 Å². The lowest BCUT2D eigenvalue weighted by atomic mass is 9.95. The van der Waals surface area contributed by atoms with Crippen LogP contribution in [0.25, 0.3) is 16.0 Å². The zero-order chi connectivity index (χ0) is 22.4. The summed E-state index contributed by atoms with van der Waals surface area (Å²) in [5, 5.41) is 11.3. The summed E-state index contributed by atoms with van der Waals surface area (Å²) >= 11 is 1.09. The molecule has 8 heteroatoms. The van der Waals surface area contributed by atoms with Gasteiger partial charge in [0.25, 0.3) is 5.78 Å². The number of ketones is 1. The molecule has 1 atom stereocenters. The summed E-state index contributed by atoms with van der Waals surface area (Å²) in [6.07, 6.45) is 0. The lowest BCUT2D eigenvalue weighted by Gasteiger charge is -2.23. The Labute approximate surface area is 186 Å². The second-order valence-corrected chi connectivity index (χ2v) is 8.32. The molecule has 1 unspecified atom stereocenters. The quantitative estimate of drug-likeness (QED) is 0.207. The number of aliphatic hydroxyl groups is 1. The first-order chi connectivity index (χ1) is 15.4. The predicted molar refractivity (Wildman–Crippen MR) is 122 cm³/mol. The molecule has 5 rings (SSSR count). The highest BCUT2D eigenvalue weighted by Crippen LogP contribution is 2.44. The molecule has 158 valence electrons. The summed E-state index contributed by atoms with van der Waals surface area (Å²) in [4.78, 5) is 32.0. The van der Waals surface area contributed by atoms with E-state index in [1.807, 2.05) is 0 Å². The zero-order valence-electron chi connectivity index (χ0n) is 16.5. The van der Waals surface area contributed by atoms with E-state index in [2.05, 4.69) is 4.98 Å². The third kappa shape index (κ3) is 3.21. The normalized spacial score (nSPS) is 17.9. The fourth-order valence-electron chi connectivity index (χ4n) is 3.82. The Morgan fingerprint density at radius 2 is 1.81 bits per heavy atom. The molecular formula is C24H16FN3O3S. The average molecular weight is 445 g/mol. The van der Waals surface area contributed by atoms with Gasteiger partial charge in [0.15, 0.2) is 5.13 Å². The van der Waals surface area contributed by atoms with Crippen LogP contribution in [0.5, 0.6) is 0 Å². The van der Waals surface area contributed by atoms with Crippen LogP contribution in [0.4, 0.5) is 15.2 Å². The molecule has 0 spiro atoms. The highest BCUT2D eigenvalue weighted by molar-refractivity contribution is 7.22. The molecule has 1 amide bonds. The van der Waals surface area contributed by atoms with E-state index in [0.717, 1.165) is 11.3 Å². The van der Waals surface area contributed by atoms with Gasteiger partial charge >= 0.3 is 5.91 Å². The second kappa shape index (κ2) is 7.58. The molecule has 6 nitrogen and oxygen atoms in total. The average Bonchev–Trinajstić information content (AvgIpc) is 3.32. The Balaban J connectivity index is 1.75. The molecule has 0 aliphatic carbocycles. The number of aromatic nitrogens is 1. The van der Waals surface area contributed by atoms with Crippen molar-refractivity contribution in [3.63, 3.8) is 0 Å². The van der Waals surface area contributed by atoms with E-state index >= 15 is 0 Å². The van der Waals surface area contributed by atoms with E-state index in [4.69, 9.17) is 5.73 Å². The molecule has 3 N–H and O–H groups in total. The molecule has 1 aliphatic heterocycles. The number of nitrogens with zero attached hydrogens (tertiary/aromatic N) is 2. The molecular weight excluding hydrogens is 429 g/mol. The van der Waals surface area contributed by atoms with E-state index in [0.29, 0.717) is 27.0 Å². The number of thiazole rings is 1. The summed E-state index contributed by atoms with van der Waals surface area (Å²) in [5.74, 6) is -2.36. The zero-order valence-corrected chi connectivity index (χ0v) is 17.3. The van der Waals surface area contributed by atoms with Crippen molar-refractivity contribution in [1.82, 2.24) is 4.98 Å². The van der Waals surface area contributed by atoms with Gasteiger partial charge in [-0.25, -0.2) is 9.37 Å². The van der Waals surface area contributed by atoms with Crippen LogP contribution < -0.4 is 10.6 Å². The fraction of sp³-hybridized carbons (Fsp3) is 0.0417. The number of nitrogens with two attached hydrogens (primary N) is 1. The number of carbonyl (C=O) groups is 2. The fourth-order valence-corrected chi connectivity index (χ4v) is 4.83. The number of hydrogen-bond acceptors (Lipinski definition) is 6. The van der Waals surface area contributed by atoms with E-state index < -0.39 is 23.5 Å². The highest BCUT2D eigenvalue weighted by atomic mass is 32.1. The van der Waals surface area contributed by atoms with Crippen LogP contribution in [0, 0.1) is 5.82 Å². The Kier molecular flexibility index (Phi) is 4.71. The van der Waals surface area contributed by atoms with Crippen LogP contribution in [0.1, 0.15) is 17.2 Å². The van der Waals surface area contributed by atoms with Gasteiger partial charge in [-0.3, -0.25) is 14.5 Å². The Bertz CT molecular complexity index is 1410. The van der Waals surface area contributed by atoms with E-state index in [1.54, 1.807) is 54.6 Å². The van der Waals surface area contributed by atoms with Crippen LogP contribution in [0.3, 0.4) is 0 Å². The largest absolute Gasteiger partial charge is 0.507 e. The number of Topliss-reactive ketones (excluding diaryl/α,β-unsaturated/α-hetero) is 1. The Hall–Kier alpha value is -4.04. The first-order valence-corrected chi connectivity index (χ1v) is 10.5. The number of hydrogen-bond donors (Lipinski definition) is 2. The lowest BCUT2D eigenvalue weighted by molar-refractivity contribution is -0.132. The molecule has 2 heterocycles. The molecule has 1 saturated heterocycles. The maximum absolute atomic E-state index is 13.7. The van der Waals surface area contributed by atoms with E-state index in [1.165, 1.54) is 23.1 Å². The van der Waals surface area contributed by atoms with Gasteiger partial charge in [-0.15, -0.1) is 0 Å². The number of anilines is 2. The highest BCUT2D eigenvalue weighted by Gasteiger charge is 2.48. The molecule has 3 aromatic carbocycles. The first kappa shape index (κ1) is 19.9. The summed E-state index contributed by atoms with van der Waals surface area (Å²) in [7, 11) is 0. The maximum atomic E-state index is 13.7. The number of carbonyl (C=O) groups excluding carboxylic acids is 2. The number of rotatable bonds is 3. The number of fused-ring (bicyclic) bond motifs is 1. The van der Waals surface area contributed by atoms with Crippen molar-refractivity contribution in [2.75, 3.05) is 10.6 Å². The van der Waals surface area contributed by atoms with Gasteiger partial charge in [0.1, 0.15) is 11.6 Å². The molecule has 0 bridgehead atoms. The van der Waals surface area contributed by atoms with Crippen molar-refractivity contribution in [1.29, 1.82) is 0 Å². The smallest absolute Gasteiger partial charge is 0.301 e. The summed E-state index contributed by atoms with van der Waals surface area (Å²) < 4.78 is 14.2. The topological polar surface area (TPSA) is 96.5 Å². The van der Waals surface area contributed by atoms with Gasteiger partial charge in [-0.1, -0.05) is 53.8 Å².